The fraction of sp³-hybridized carbons (Fsp3) is 0.368. The van der Waals surface area contributed by atoms with Gasteiger partial charge in [-0.2, -0.15) is 0 Å². The van der Waals surface area contributed by atoms with Gasteiger partial charge in [0.15, 0.2) is 11.5 Å². The molecule has 0 unspecified atom stereocenters. The summed E-state index contributed by atoms with van der Waals surface area (Å²) in [6.45, 7) is 4.27. The Bertz CT molecular complexity index is 613. The first-order chi connectivity index (χ1) is 11.3. The van der Waals surface area contributed by atoms with E-state index in [1.54, 1.807) is 14.2 Å². The first-order valence-electron chi connectivity index (χ1n) is 7.90. The molecule has 2 aromatic rings. The highest BCUT2D eigenvalue weighted by Gasteiger charge is 2.05. The van der Waals surface area contributed by atoms with Gasteiger partial charge in [0.1, 0.15) is 5.75 Å². The van der Waals surface area contributed by atoms with Crippen molar-refractivity contribution >= 4 is 0 Å². The summed E-state index contributed by atoms with van der Waals surface area (Å²) in [4.78, 5) is 0. The van der Waals surface area contributed by atoms with Crippen LogP contribution in [0.5, 0.6) is 17.2 Å². The van der Waals surface area contributed by atoms with E-state index < -0.39 is 0 Å². The molecule has 0 atom stereocenters. The Kier molecular flexibility index (Phi) is 6.76. The molecule has 1 N–H and O–H groups in total. The van der Waals surface area contributed by atoms with E-state index in [2.05, 4.69) is 17.4 Å². The molecule has 0 fully saturated rings. The summed E-state index contributed by atoms with van der Waals surface area (Å²) < 4.78 is 16.3. The number of hydrogen-bond acceptors (Lipinski definition) is 4. The van der Waals surface area contributed by atoms with Crippen molar-refractivity contribution in [2.75, 3.05) is 27.4 Å². The molecule has 0 heterocycles. The first kappa shape index (κ1) is 17.2. The molecule has 0 saturated carbocycles. The summed E-state index contributed by atoms with van der Waals surface area (Å²) in [6.07, 6.45) is 0.929. The fourth-order valence-corrected chi connectivity index (χ4v) is 2.46. The van der Waals surface area contributed by atoms with Crippen LogP contribution in [0.2, 0.25) is 0 Å². The monoisotopic (exact) mass is 315 g/mol. The Labute approximate surface area is 138 Å². The summed E-state index contributed by atoms with van der Waals surface area (Å²) in [5.74, 6) is 2.50. The highest BCUT2D eigenvalue weighted by molar-refractivity contribution is 5.43. The lowest BCUT2D eigenvalue weighted by atomic mass is 10.1. The zero-order chi connectivity index (χ0) is 16.5. The predicted molar refractivity (Wildman–Crippen MR) is 92.6 cm³/mol. The third kappa shape index (κ3) is 4.89. The van der Waals surface area contributed by atoms with Crippen LogP contribution in [0.25, 0.3) is 0 Å². The lowest BCUT2D eigenvalue weighted by Gasteiger charge is -2.12. The average molecular weight is 315 g/mol. The molecular formula is C19H25NO3. The van der Waals surface area contributed by atoms with Gasteiger partial charge in [-0.3, -0.25) is 0 Å². The van der Waals surface area contributed by atoms with Crippen molar-refractivity contribution in [2.45, 2.75) is 19.9 Å². The maximum atomic E-state index is 5.61. The SMILES string of the molecule is CCOc1cc(CNCCc2ccccc2OC)ccc1OC. The Hall–Kier alpha value is -2.20. The van der Waals surface area contributed by atoms with E-state index in [0.717, 1.165) is 36.8 Å². The zero-order valence-electron chi connectivity index (χ0n) is 14.1. The molecule has 0 amide bonds. The third-order valence-electron chi connectivity index (χ3n) is 3.62. The number of benzene rings is 2. The van der Waals surface area contributed by atoms with Gasteiger partial charge in [-0.05, 0) is 49.2 Å². The molecule has 0 aliphatic carbocycles. The lowest BCUT2D eigenvalue weighted by Crippen LogP contribution is -2.17. The molecule has 4 nitrogen and oxygen atoms in total. The van der Waals surface area contributed by atoms with Crippen molar-refractivity contribution in [3.05, 3.63) is 53.6 Å². The van der Waals surface area contributed by atoms with Crippen LogP contribution in [0.4, 0.5) is 0 Å². The van der Waals surface area contributed by atoms with Crippen molar-refractivity contribution in [1.29, 1.82) is 0 Å². The highest BCUT2D eigenvalue weighted by atomic mass is 16.5. The number of para-hydroxylation sites is 1. The van der Waals surface area contributed by atoms with Crippen LogP contribution in [0.1, 0.15) is 18.1 Å². The van der Waals surface area contributed by atoms with Crippen LogP contribution >= 0.6 is 0 Å². The smallest absolute Gasteiger partial charge is 0.161 e. The van der Waals surface area contributed by atoms with Crippen LogP contribution in [0.15, 0.2) is 42.5 Å². The van der Waals surface area contributed by atoms with Gasteiger partial charge in [-0.25, -0.2) is 0 Å². The van der Waals surface area contributed by atoms with Crippen molar-refractivity contribution < 1.29 is 14.2 Å². The minimum absolute atomic E-state index is 0.626. The normalized spacial score (nSPS) is 10.4. The fourth-order valence-electron chi connectivity index (χ4n) is 2.46. The second kappa shape index (κ2) is 9.06. The van der Waals surface area contributed by atoms with Gasteiger partial charge < -0.3 is 19.5 Å². The molecule has 0 saturated heterocycles. The quantitative estimate of drug-likeness (QED) is 0.720. The molecule has 4 heteroatoms. The van der Waals surface area contributed by atoms with Crippen molar-refractivity contribution in [1.82, 2.24) is 5.32 Å². The molecule has 0 aromatic heterocycles. The molecule has 0 aliphatic rings. The number of ether oxygens (including phenoxy) is 3. The number of nitrogens with one attached hydrogen (secondary N) is 1. The second-order valence-corrected chi connectivity index (χ2v) is 5.16. The summed E-state index contributed by atoms with van der Waals surface area (Å²) in [5, 5.41) is 3.46. The summed E-state index contributed by atoms with van der Waals surface area (Å²) in [6, 6.07) is 14.1. The third-order valence-corrected chi connectivity index (χ3v) is 3.62. The standard InChI is InChI=1S/C19H25NO3/c1-4-23-19-13-15(9-10-18(19)22-3)14-20-12-11-16-7-5-6-8-17(16)21-2/h5-10,13,20H,4,11-12,14H2,1-3H3. The Morgan fingerprint density at radius 3 is 2.43 bits per heavy atom. The maximum absolute atomic E-state index is 5.61. The molecule has 2 rings (SSSR count). The van der Waals surface area contributed by atoms with E-state index in [-0.39, 0.29) is 0 Å². The molecule has 0 aliphatic heterocycles. The average Bonchev–Trinajstić information content (AvgIpc) is 2.59. The largest absolute Gasteiger partial charge is 0.496 e. The summed E-state index contributed by atoms with van der Waals surface area (Å²) in [7, 11) is 3.36. The maximum Gasteiger partial charge on any atom is 0.161 e. The highest BCUT2D eigenvalue weighted by Crippen LogP contribution is 2.28. The number of methoxy groups -OCH3 is 2. The number of hydrogen-bond donors (Lipinski definition) is 1. The van der Waals surface area contributed by atoms with Gasteiger partial charge >= 0.3 is 0 Å². The van der Waals surface area contributed by atoms with Crippen LogP contribution in [-0.2, 0) is 13.0 Å². The van der Waals surface area contributed by atoms with Gasteiger partial charge in [0.25, 0.3) is 0 Å². The molecular weight excluding hydrogens is 290 g/mol. The predicted octanol–water partition coefficient (Wildman–Crippen LogP) is 3.43. The Morgan fingerprint density at radius 2 is 1.70 bits per heavy atom. The topological polar surface area (TPSA) is 39.7 Å². The van der Waals surface area contributed by atoms with Crippen molar-refractivity contribution in [2.24, 2.45) is 0 Å². The lowest BCUT2D eigenvalue weighted by molar-refractivity contribution is 0.310. The first-order valence-corrected chi connectivity index (χ1v) is 7.90. The zero-order valence-corrected chi connectivity index (χ0v) is 14.1. The van der Waals surface area contributed by atoms with Gasteiger partial charge in [0, 0.05) is 6.54 Å². The van der Waals surface area contributed by atoms with Crippen LogP contribution in [0, 0.1) is 0 Å². The van der Waals surface area contributed by atoms with Gasteiger partial charge in [0.2, 0.25) is 0 Å². The molecule has 0 radical (unpaired) electrons. The minimum atomic E-state index is 0.626. The van der Waals surface area contributed by atoms with E-state index in [1.165, 1.54) is 11.1 Å². The van der Waals surface area contributed by atoms with Gasteiger partial charge in [0.05, 0.1) is 20.8 Å². The van der Waals surface area contributed by atoms with Crippen LogP contribution in [-0.4, -0.2) is 27.4 Å². The Morgan fingerprint density at radius 1 is 0.913 bits per heavy atom. The van der Waals surface area contributed by atoms with Crippen molar-refractivity contribution in [3.8, 4) is 17.2 Å². The molecule has 0 bridgehead atoms. The number of rotatable bonds is 9. The van der Waals surface area contributed by atoms with Crippen molar-refractivity contribution in [3.63, 3.8) is 0 Å². The second-order valence-electron chi connectivity index (χ2n) is 5.16. The summed E-state index contributed by atoms with van der Waals surface area (Å²) in [5.41, 5.74) is 2.39. The Balaban J connectivity index is 1.87. The molecule has 124 valence electrons. The molecule has 2 aromatic carbocycles. The van der Waals surface area contributed by atoms with E-state index >= 15 is 0 Å². The summed E-state index contributed by atoms with van der Waals surface area (Å²) >= 11 is 0. The van der Waals surface area contributed by atoms with E-state index in [0.29, 0.717) is 6.61 Å². The van der Waals surface area contributed by atoms with Gasteiger partial charge in [-0.15, -0.1) is 0 Å². The van der Waals surface area contributed by atoms with E-state index in [1.807, 2.05) is 37.3 Å². The van der Waals surface area contributed by atoms with Crippen LogP contribution in [0.3, 0.4) is 0 Å². The minimum Gasteiger partial charge on any atom is -0.496 e. The molecule has 0 spiro atoms. The molecule has 23 heavy (non-hydrogen) atoms. The van der Waals surface area contributed by atoms with E-state index in [9.17, 15) is 0 Å². The van der Waals surface area contributed by atoms with Gasteiger partial charge in [-0.1, -0.05) is 24.3 Å². The van der Waals surface area contributed by atoms with E-state index in [4.69, 9.17) is 14.2 Å². The van der Waals surface area contributed by atoms with Crippen LogP contribution < -0.4 is 19.5 Å².